The van der Waals surface area contributed by atoms with Gasteiger partial charge in [-0.25, -0.2) is 0 Å². The molecule has 0 spiro atoms. The van der Waals surface area contributed by atoms with Gasteiger partial charge in [-0.1, -0.05) is 6.07 Å². The molecular formula is C14H15NO5. The summed E-state index contributed by atoms with van der Waals surface area (Å²) in [6, 6.07) is 5.33. The molecule has 0 atom stereocenters. The highest BCUT2D eigenvalue weighted by molar-refractivity contribution is 5.93. The van der Waals surface area contributed by atoms with Gasteiger partial charge in [0, 0.05) is 12.6 Å². The number of carbonyl (C=O) groups is 2. The first kappa shape index (κ1) is 13.9. The first-order valence-electron chi connectivity index (χ1n) is 6.18. The highest BCUT2D eigenvalue weighted by Crippen LogP contribution is 2.32. The zero-order valence-corrected chi connectivity index (χ0v) is 11.0. The van der Waals surface area contributed by atoms with Crippen LogP contribution in [-0.4, -0.2) is 41.8 Å². The number of nitrogens with zero attached hydrogens (tertiary/aromatic N) is 1. The number of amides is 1. The van der Waals surface area contributed by atoms with Crippen LogP contribution in [-0.2, 0) is 9.59 Å². The Bertz CT molecular complexity index is 552. The van der Waals surface area contributed by atoms with Gasteiger partial charge in [0.05, 0.1) is 0 Å². The van der Waals surface area contributed by atoms with E-state index in [9.17, 15) is 9.59 Å². The van der Waals surface area contributed by atoms with Crippen molar-refractivity contribution in [2.45, 2.75) is 6.92 Å². The molecule has 0 saturated heterocycles. The summed E-state index contributed by atoms with van der Waals surface area (Å²) in [6.07, 6.45) is 2.97. The van der Waals surface area contributed by atoms with Gasteiger partial charge in [-0.2, -0.15) is 0 Å². The average Bonchev–Trinajstić information content (AvgIpc) is 2.89. The van der Waals surface area contributed by atoms with Gasteiger partial charge in [-0.15, -0.1) is 0 Å². The van der Waals surface area contributed by atoms with E-state index in [1.807, 2.05) is 0 Å². The second kappa shape index (κ2) is 6.10. The summed E-state index contributed by atoms with van der Waals surface area (Å²) in [5.41, 5.74) is 0.786. The van der Waals surface area contributed by atoms with E-state index in [4.69, 9.17) is 14.6 Å². The maximum Gasteiger partial charge on any atom is 0.323 e. The fourth-order valence-corrected chi connectivity index (χ4v) is 1.80. The maximum atomic E-state index is 11.8. The van der Waals surface area contributed by atoms with Crippen molar-refractivity contribution in [2.75, 3.05) is 19.9 Å². The monoisotopic (exact) mass is 277 g/mol. The van der Waals surface area contributed by atoms with Gasteiger partial charge < -0.3 is 19.5 Å². The number of hydrogen-bond donors (Lipinski definition) is 1. The molecule has 1 aromatic carbocycles. The van der Waals surface area contributed by atoms with Gasteiger partial charge in [0.15, 0.2) is 11.5 Å². The molecule has 0 fully saturated rings. The van der Waals surface area contributed by atoms with Crippen LogP contribution in [0.5, 0.6) is 11.5 Å². The molecule has 6 heteroatoms. The molecule has 1 amide bonds. The van der Waals surface area contributed by atoms with Crippen LogP contribution in [0.1, 0.15) is 12.5 Å². The molecule has 1 aliphatic heterocycles. The quantitative estimate of drug-likeness (QED) is 0.822. The molecule has 1 aliphatic rings. The second-order valence-electron chi connectivity index (χ2n) is 4.19. The smallest absolute Gasteiger partial charge is 0.323 e. The third kappa shape index (κ3) is 3.28. The van der Waals surface area contributed by atoms with Crippen molar-refractivity contribution in [1.82, 2.24) is 4.90 Å². The van der Waals surface area contributed by atoms with Crippen LogP contribution in [0.25, 0.3) is 6.08 Å². The lowest BCUT2D eigenvalue weighted by molar-refractivity contribution is -0.142. The van der Waals surface area contributed by atoms with Gasteiger partial charge in [0.1, 0.15) is 6.54 Å². The topological polar surface area (TPSA) is 76.1 Å². The van der Waals surface area contributed by atoms with Gasteiger partial charge in [-0.05, 0) is 30.7 Å². The molecule has 20 heavy (non-hydrogen) atoms. The van der Waals surface area contributed by atoms with Crippen molar-refractivity contribution in [2.24, 2.45) is 0 Å². The van der Waals surface area contributed by atoms with E-state index in [2.05, 4.69) is 0 Å². The van der Waals surface area contributed by atoms with Crippen LogP contribution in [0, 0.1) is 0 Å². The van der Waals surface area contributed by atoms with Crippen molar-refractivity contribution in [3.63, 3.8) is 0 Å². The number of ether oxygens (including phenoxy) is 2. The standard InChI is InChI=1S/C14H15NO5/c1-2-15(8-14(17)18)13(16)6-4-10-3-5-11-12(7-10)20-9-19-11/h3-7H,2,8-9H2,1H3,(H,17,18)/b6-4+. The van der Waals surface area contributed by atoms with Crippen molar-refractivity contribution in [1.29, 1.82) is 0 Å². The van der Waals surface area contributed by atoms with E-state index in [-0.39, 0.29) is 19.2 Å². The predicted molar refractivity (Wildman–Crippen MR) is 71.5 cm³/mol. The normalized spacial score (nSPS) is 12.7. The number of benzene rings is 1. The van der Waals surface area contributed by atoms with Crippen molar-refractivity contribution >= 4 is 18.0 Å². The number of carboxylic acids is 1. The number of hydrogen-bond acceptors (Lipinski definition) is 4. The molecule has 1 heterocycles. The Morgan fingerprint density at radius 2 is 2.10 bits per heavy atom. The molecule has 106 valence electrons. The van der Waals surface area contributed by atoms with Crippen LogP contribution in [0.15, 0.2) is 24.3 Å². The van der Waals surface area contributed by atoms with Crippen molar-refractivity contribution in [3.8, 4) is 11.5 Å². The summed E-state index contributed by atoms with van der Waals surface area (Å²) >= 11 is 0. The average molecular weight is 277 g/mol. The fraction of sp³-hybridized carbons (Fsp3) is 0.286. The second-order valence-corrected chi connectivity index (χ2v) is 4.19. The molecule has 6 nitrogen and oxygen atoms in total. The summed E-state index contributed by atoms with van der Waals surface area (Å²) in [4.78, 5) is 23.7. The fourth-order valence-electron chi connectivity index (χ4n) is 1.80. The molecule has 0 aliphatic carbocycles. The zero-order valence-electron chi connectivity index (χ0n) is 11.0. The van der Waals surface area contributed by atoms with Crippen molar-refractivity contribution in [3.05, 3.63) is 29.8 Å². The number of carboxylic acid groups (broad SMARTS) is 1. The molecular weight excluding hydrogens is 262 g/mol. The SMILES string of the molecule is CCN(CC(=O)O)C(=O)/C=C/c1ccc2c(c1)OCO2. The lowest BCUT2D eigenvalue weighted by Gasteiger charge is -2.15. The molecule has 1 aromatic rings. The lowest BCUT2D eigenvalue weighted by atomic mass is 10.2. The molecule has 0 bridgehead atoms. The lowest BCUT2D eigenvalue weighted by Crippen LogP contribution is -2.34. The Morgan fingerprint density at radius 1 is 1.35 bits per heavy atom. The number of carbonyl (C=O) groups excluding carboxylic acids is 1. The Labute approximate surface area is 116 Å². The molecule has 0 unspecified atom stereocenters. The Morgan fingerprint density at radius 3 is 2.80 bits per heavy atom. The predicted octanol–water partition coefficient (Wildman–Crippen LogP) is 1.36. The molecule has 0 aromatic heterocycles. The largest absolute Gasteiger partial charge is 0.480 e. The van der Waals surface area contributed by atoms with Gasteiger partial charge in [-0.3, -0.25) is 9.59 Å². The van der Waals surface area contributed by atoms with Crippen LogP contribution >= 0.6 is 0 Å². The summed E-state index contributed by atoms with van der Waals surface area (Å²) in [6.45, 7) is 1.97. The van der Waals surface area contributed by atoms with Crippen LogP contribution in [0.3, 0.4) is 0 Å². The third-order valence-electron chi connectivity index (χ3n) is 2.83. The van der Waals surface area contributed by atoms with Crippen LogP contribution in [0.4, 0.5) is 0 Å². The molecule has 0 saturated carbocycles. The van der Waals surface area contributed by atoms with E-state index >= 15 is 0 Å². The number of rotatable bonds is 5. The van der Waals surface area contributed by atoms with E-state index in [1.54, 1.807) is 31.2 Å². The van der Waals surface area contributed by atoms with E-state index in [1.165, 1.54) is 11.0 Å². The zero-order chi connectivity index (χ0) is 14.5. The van der Waals surface area contributed by atoms with Crippen molar-refractivity contribution < 1.29 is 24.2 Å². The van der Waals surface area contributed by atoms with Crippen LogP contribution in [0.2, 0.25) is 0 Å². The molecule has 0 radical (unpaired) electrons. The summed E-state index contributed by atoms with van der Waals surface area (Å²) in [5.74, 6) is -0.0590. The highest BCUT2D eigenvalue weighted by Gasteiger charge is 2.14. The van der Waals surface area contributed by atoms with Gasteiger partial charge in [0.25, 0.3) is 0 Å². The first-order valence-corrected chi connectivity index (χ1v) is 6.18. The van der Waals surface area contributed by atoms with Gasteiger partial charge in [0.2, 0.25) is 12.7 Å². The third-order valence-corrected chi connectivity index (χ3v) is 2.83. The summed E-state index contributed by atoms with van der Waals surface area (Å²) in [7, 11) is 0. The molecule has 2 rings (SSSR count). The highest BCUT2D eigenvalue weighted by atomic mass is 16.7. The van der Waals surface area contributed by atoms with E-state index in [0.29, 0.717) is 18.0 Å². The minimum Gasteiger partial charge on any atom is -0.480 e. The minimum atomic E-state index is -1.03. The number of likely N-dealkylation sites (N-methyl/N-ethyl adjacent to an activating group) is 1. The van der Waals surface area contributed by atoms with E-state index < -0.39 is 5.97 Å². The minimum absolute atomic E-state index is 0.198. The Balaban J connectivity index is 2.04. The number of aliphatic carboxylic acids is 1. The van der Waals surface area contributed by atoms with Gasteiger partial charge >= 0.3 is 5.97 Å². The maximum absolute atomic E-state index is 11.8. The Hall–Kier alpha value is -2.50. The first-order chi connectivity index (χ1) is 9.60. The Kier molecular flexibility index (Phi) is 4.24. The summed E-state index contributed by atoms with van der Waals surface area (Å²) in [5, 5.41) is 8.71. The van der Waals surface area contributed by atoms with Crippen LogP contribution < -0.4 is 9.47 Å². The summed E-state index contributed by atoms with van der Waals surface area (Å²) < 4.78 is 10.4. The molecule has 1 N–H and O–H groups in total. The van der Waals surface area contributed by atoms with E-state index in [0.717, 1.165) is 5.56 Å². The number of fused-ring (bicyclic) bond motifs is 1.